The Labute approximate surface area is 249 Å². The van der Waals surface area contributed by atoms with Gasteiger partial charge in [-0.3, -0.25) is 4.98 Å². The lowest BCUT2D eigenvalue weighted by Gasteiger charge is -2.46. The predicted molar refractivity (Wildman–Crippen MR) is 168 cm³/mol. The lowest BCUT2D eigenvalue weighted by molar-refractivity contribution is -0.122. The Kier molecular flexibility index (Phi) is 8.06. The molecule has 0 saturated carbocycles. The van der Waals surface area contributed by atoms with E-state index in [-0.39, 0.29) is 34.7 Å². The zero-order valence-electron chi connectivity index (χ0n) is 27.4. The van der Waals surface area contributed by atoms with Crippen molar-refractivity contribution in [2.45, 2.75) is 136 Å². The molecule has 5 rings (SSSR count). The SMILES string of the molecule is CC(C)Oc1ccc([C@H]2OC3(CCOCC3)c3c2c(C(C)C)nc2c3[C@@H](O[Si](C)(C)C(C)(C)C)CC(C)(C)C2)cc1. The van der Waals surface area contributed by atoms with Crippen LogP contribution in [0.3, 0.4) is 0 Å². The number of fused-ring (bicyclic) bond motifs is 4. The summed E-state index contributed by atoms with van der Waals surface area (Å²) < 4.78 is 26.6. The fourth-order valence-electron chi connectivity index (χ4n) is 6.76. The molecule has 226 valence electrons. The van der Waals surface area contributed by atoms with E-state index in [1.807, 2.05) is 0 Å². The smallest absolute Gasteiger partial charge is 0.192 e. The molecule has 1 aromatic heterocycles. The molecule has 1 saturated heterocycles. The van der Waals surface area contributed by atoms with Gasteiger partial charge >= 0.3 is 0 Å². The highest BCUT2D eigenvalue weighted by molar-refractivity contribution is 6.74. The van der Waals surface area contributed by atoms with Crippen LogP contribution in [0.4, 0.5) is 0 Å². The van der Waals surface area contributed by atoms with Crippen LogP contribution >= 0.6 is 0 Å². The Hall–Kier alpha value is -1.73. The van der Waals surface area contributed by atoms with Gasteiger partial charge in [0, 0.05) is 48.6 Å². The minimum Gasteiger partial charge on any atom is -0.491 e. The van der Waals surface area contributed by atoms with Crippen LogP contribution in [0.2, 0.25) is 18.1 Å². The Morgan fingerprint density at radius 3 is 2.17 bits per heavy atom. The number of hydrogen-bond acceptors (Lipinski definition) is 5. The average molecular weight is 580 g/mol. The first-order valence-electron chi connectivity index (χ1n) is 15.8. The van der Waals surface area contributed by atoms with Crippen LogP contribution in [0.15, 0.2) is 24.3 Å². The molecule has 2 aromatic rings. The van der Waals surface area contributed by atoms with Crippen LogP contribution in [-0.2, 0) is 25.9 Å². The number of aromatic nitrogens is 1. The van der Waals surface area contributed by atoms with Gasteiger partial charge in [0.1, 0.15) is 11.9 Å². The van der Waals surface area contributed by atoms with Gasteiger partial charge in [-0.05, 0) is 79.4 Å². The maximum absolute atomic E-state index is 7.35. The van der Waals surface area contributed by atoms with Crippen molar-refractivity contribution in [1.82, 2.24) is 4.98 Å². The number of nitrogens with zero attached hydrogens (tertiary/aromatic N) is 1. The molecule has 5 nitrogen and oxygen atoms in total. The Balaban J connectivity index is 1.74. The van der Waals surface area contributed by atoms with Crippen molar-refractivity contribution < 1.29 is 18.6 Å². The first kappa shape index (κ1) is 30.7. The van der Waals surface area contributed by atoms with Crippen molar-refractivity contribution >= 4 is 8.32 Å². The summed E-state index contributed by atoms with van der Waals surface area (Å²) in [5, 5.41) is 0.123. The van der Waals surface area contributed by atoms with Gasteiger partial charge < -0.3 is 18.6 Å². The summed E-state index contributed by atoms with van der Waals surface area (Å²) in [6, 6.07) is 8.53. The summed E-state index contributed by atoms with van der Waals surface area (Å²) in [7, 11) is -2.06. The third-order valence-electron chi connectivity index (χ3n) is 9.79. The van der Waals surface area contributed by atoms with E-state index in [0.29, 0.717) is 13.2 Å². The predicted octanol–water partition coefficient (Wildman–Crippen LogP) is 9.15. The topological polar surface area (TPSA) is 49.8 Å². The number of rotatable bonds is 6. The first-order valence-corrected chi connectivity index (χ1v) is 18.7. The Bertz CT molecular complexity index is 1250. The molecule has 1 aromatic carbocycles. The summed E-state index contributed by atoms with van der Waals surface area (Å²) in [6.07, 6.45) is 3.66. The highest BCUT2D eigenvalue weighted by Gasteiger charge is 2.53. The van der Waals surface area contributed by atoms with Gasteiger partial charge in [-0.1, -0.05) is 60.6 Å². The van der Waals surface area contributed by atoms with E-state index in [9.17, 15) is 0 Å². The Morgan fingerprint density at radius 2 is 1.61 bits per heavy atom. The third kappa shape index (κ3) is 5.79. The highest BCUT2D eigenvalue weighted by Crippen LogP contribution is 2.59. The maximum Gasteiger partial charge on any atom is 0.192 e. The minimum atomic E-state index is -2.06. The largest absolute Gasteiger partial charge is 0.491 e. The number of hydrogen-bond donors (Lipinski definition) is 0. The summed E-state index contributed by atoms with van der Waals surface area (Å²) >= 11 is 0. The number of pyridine rings is 1. The molecular formula is C35H53NO4Si. The number of ether oxygens (including phenoxy) is 3. The fourth-order valence-corrected chi connectivity index (χ4v) is 8.03. The quantitative estimate of drug-likeness (QED) is 0.319. The summed E-state index contributed by atoms with van der Waals surface area (Å²) in [5.74, 6) is 1.17. The molecular weight excluding hydrogens is 526 g/mol. The molecule has 0 N–H and O–H groups in total. The lowest BCUT2D eigenvalue weighted by atomic mass is 9.70. The fraction of sp³-hybridized carbons (Fsp3) is 0.686. The van der Waals surface area contributed by atoms with Gasteiger partial charge in [0.15, 0.2) is 8.32 Å². The second-order valence-electron chi connectivity index (χ2n) is 15.6. The molecule has 2 aliphatic heterocycles. The van der Waals surface area contributed by atoms with Crippen molar-refractivity contribution in [2.75, 3.05) is 13.2 Å². The first-order chi connectivity index (χ1) is 19.0. The van der Waals surface area contributed by atoms with E-state index < -0.39 is 13.9 Å². The van der Waals surface area contributed by atoms with E-state index in [2.05, 4.69) is 99.7 Å². The van der Waals surface area contributed by atoms with Crippen LogP contribution in [-0.4, -0.2) is 32.6 Å². The van der Waals surface area contributed by atoms with E-state index in [1.54, 1.807) is 0 Å². The minimum absolute atomic E-state index is 0.0148. The van der Waals surface area contributed by atoms with Gasteiger partial charge in [-0.15, -0.1) is 0 Å². The zero-order valence-corrected chi connectivity index (χ0v) is 28.4. The molecule has 0 amide bonds. The van der Waals surface area contributed by atoms with E-state index in [4.69, 9.17) is 23.6 Å². The van der Waals surface area contributed by atoms with Gasteiger partial charge in [0.2, 0.25) is 0 Å². The van der Waals surface area contributed by atoms with Gasteiger partial charge in [0.05, 0.1) is 17.8 Å². The van der Waals surface area contributed by atoms with Crippen molar-refractivity contribution in [2.24, 2.45) is 5.41 Å². The second kappa shape index (κ2) is 10.8. The van der Waals surface area contributed by atoms with Gasteiger partial charge in [0.25, 0.3) is 0 Å². The van der Waals surface area contributed by atoms with Crippen LogP contribution in [0, 0.1) is 5.41 Å². The molecule has 6 heteroatoms. The van der Waals surface area contributed by atoms with E-state index in [1.165, 1.54) is 28.1 Å². The molecule has 41 heavy (non-hydrogen) atoms. The van der Waals surface area contributed by atoms with Crippen molar-refractivity contribution in [1.29, 1.82) is 0 Å². The summed E-state index contributed by atoms with van der Waals surface area (Å²) in [4.78, 5) is 5.53. The van der Waals surface area contributed by atoms with Crippen molar-refractivity contribution in [3.8, 4) is 5.75 Å². The van der Waals surface area contributed by atoms with E-state index in [0.717, 1.165) is 37.0 Å². The standard InChI is InChI=1S/C35H53NO4Si/c1-22(2)31-29-30(28-26(36-31)20-34(8,9)21-27(28)40-41(10,11)33(5,6)7)35(16-18-37-19-17-35)39-32(29)24-12-14-25(15-13-24)38-23(3)4/h12-15,22-23,27,32H,16-21H2,1-11H3/t27-,32+/m0/s1. The van der Waals surface area contributed by atoms with Gasteiger partial charge in [-0.25, -0.2) is 0 Å². The second-order valence-corrected chi connectivity index (χ2v) is 20.3. The summed E-state index contributed by atoms with van der Waals surface area (Å²) in [6.45, 7) is 26.6. The molecule has 1 fully saturated rings. The van der Waals surface area contributed by atoms with Crippen molar-refractivity contribution in [3.05, 3.63) is 57.9 Å². The monoisotopic (exact) mass is 579 g/mol. The molecule has 0 radical (unpaired) electrons. The van der Waals surface area contributed by atoms with Crippen LogP contribution in [0.1, 0.15) is 133 Å². The van der Waals surface area contributed by atoms with Crippen molar-refractivity contribution in [3.63, 3.8) is 0 Å². The van der Waals surface area contributed by atoms with Crippen LogP contribution in [0.25, 0.3) is 0 Å². The molecule has 1 spiro atoms. The van der Waals surface area contributed by atoms with Gasteiger partial charge in [-0.2, -0.15) is 0 Å². The molecule has 0 unspecified atom stereocenters. The molecule has 3 heterocycles. The average Bonchev–Trinajstić information content (AvgIpc) is 3.16. The van der Waals surface area contributed by atoms with Crippen LogP contribution in [0.5, 0.6) is 5.75 Å². The maximum atomic E-state index is 7.35. The number of benzene rings is 1. The normalized spacial score (nSPS) is 23.6. The lowest BCUT2D eigenvalue weighted by Crippen LogP contribution is -2.45. The van der Waals surface area contributed by atoms with Crippen LogP contribution < -0.4 is 4.74 Å². The molecule has 2 atom stereocenters. The molecule has 3 aliphatic rings. The highest BCUT2D eigenvalue weighted by atomic mass is 28.4. The molecule has 0 bridgehead atoms. The zero-order chi connectivity index (χ0) is 30.0. The summed E-state index contributed by atoms with van der Waals surface area (Å²) in [5.41, 5.74) is 7.27. The third-order valence-corrected chi connectivity index (χ3v) is 14.3. The Morgan fingerprint density at radius 1 is 0.976 bits per heavy atom. The van der Waals surface area contributed by atoms with E-state index >= 15 is 0 Å². The molecule has 1 aliphatic carbocycles.